The van der Waals surface area contributed by atoms with Crippen molar-refractivity contribution in [2.24, 2.45) is 0 Å². The molecule has 1 N–H and O–H groups in total. The van der Waals surface area contributed by atoms with E-state index in [0.29, 0.717) is 26.5 Å². The molecule has 0 bridgehead atoms. The van der Waals surface area contributed by atoms with Gasteiger partial charge in [0.05, 0.1) is 17.3 Å². The number of carbonyl (C=O) groups excluding carboxylic acids is 1. The number of anilines is 1. The van der Waals surface area contributed by atoms with Gasteiger partial charge in [0.25, 0.3) is 5.91 Å². The summed E-state index contributed by atoms with van der Waals surface area (Å²) in [5, 5.41) is 3.33. The van der Waals surface area contributed by atoms with Crippen molar-refractivity contribution >= 4 is 55.1 Å². The second-order valence-corrected chi connectivity index (χ2v) is 6.59. The van der Waals surface area contributed by atoms with E-state index in [1.165, 1.54) is 7.11 Å². The number of benzene rings is 2. The Kier molecular flexibility index (Phi) is 5.30. The molecule has 0 saturated carbocycles. The van der Waals surface area contributed by atoms with Gasteiger partial charge in [0.1, 0.15) is 0 Å². The smallest absolute Gasteiger partial charge is 0.256 e. The molecule has 21 heavy (non-hydrogen) atoms. The Bertz CT molecular complexity index is 704. The van der Waals surface area contributed by atoms with Gasteiger partial charge in [0.2, 0.25) is 0 Å². The van der Waals surface area contributed by atoms with E-state index in [9.17, 15) is 4.79 Å². The summed E-state index contributed by atoms with van der Waals surface area (Å²) >= 11 is 12.8. The maximum Gasteiger partial charge on any atom is 0.256 e. The van der Waals surface area contributed by atoms with Crippen LogP contribution in [0.15, 0.2) is 39.3 Å². The Hall–Kier alpha value is -1.04. The lowest BCUT2D eigenvalue weighted by Gasteiger charge is -2.13. The molecule has 0 aliphatic heterocycles. The molecule has 110 valence electrons. The summed E-state index contributed by atoms with van der Waals surface area (Å²) < 4.78 is 6.82. The monoisotopic (exact) mass is 431 g/mol. The number of nitrogens with one attached hydrogen (secondary N) is 1. The lowest BCUT2D eigenvalue weighted by atomic mass is 10.1. The van der Waals surface area contributed by atoms with Crippen LogP contribution in [0.4, 0.5) is 5.69 Å². The number of rotatable bonds is 3. The van der Waals surface area contributed by atoms with Crippen LogP contribution in [0.5, 0.6) is 5.75 Å². The van der Waals surface area contributed by atoms with Crippen LogP contribution in [-0.2, 0) is 0 Å². The van der Waals surface area contributed by atoms with Crippen molar-refractivity contribution in [3.63, 3.8) is 0 Å². The van der Waals surface area contributed by atoms with E-state index in [4.69, 9.17) is 16.3 Å². The number of amides is 1. The number of aryl methyl sites for hydroxylation is 1. The van der Waals surface area contributed by atoms with Crippen LogP contribution in [0.3, 0.4) is 0 Å². The van der Waals surface area contributed by atoms with Crippen LogP contribution in [0.2, 0.25) is 5.02 Å². The molecule has 0 aliphatic rings. The van der Waals surface area contributed by atoms with Gasteiger partial charge in [-0.15, -0.1) is 0 Å². The van der Waals surface area contributed by atoms with Gasteiger partial charge in [-0.1, -0.05) is 33.6 Å². The molecule has 2 aromatic carbocycles. The molecule has 0 aliphatic carbocycles. The fraction of sp³-hybridized carbons (Fsp3) is 0.133. The summed E-state index contributed by atoms with van der Waals surface area (Å²) in [6.45, 7) is 1.88. The van der Waals surface area contributed by atoms with Gasteiger partial charge in [0.15, 0.2) is 5.75 Å². The van der Waals surface area contributed by atoms with E-state index in [1.54, 1.807) is 18.2 Å². The van der Waals surface area contributed by atoms with Crippen molar-refractivity contribution in [2.75, 3.05) is 12.4 Å². The normalized spacial score (nSPS) is 10.3. The summed E-state index contributed by atoms with van der Waals surface area (Å²) in [4.78, 5) is 12.4. The zero-order chi connectivity index (χ0) is 15.6. The van der Waals surface area contributed by atoms with Gasteiger partial charge in [-0.3, -0.25) is 4.79 Å². The van der Waals surface area contributed by atoms with Gasteiger partial charge in [0, 0.05) is 15.1 Å². The first-order valence-corrected chi connectivity index (χ1v) is 7.99. The lowest BCUT2D eigenvalue weighted by molar-refractivity contribution is 0.102. The number of hydrogen-bond acceptors (Lipinski definition) is 2. The Morgan fingerprint density at radius 1 is 1.24 bits per heavy atom. The molecule has 0 unspecified atom stereocenters. The highest BCUT2D eigenvalue weighted by Crippen LogP contribution is 2.36. The van der Waals surface area contributed by atoms with Crippen LogP contribution in [-0.4, -0.2) is 13.0 Å². The number of hydrogen-bond donors (Lipinski definition) is 1. The number of halogens is 3. The largest absolute Gasteiger partial charge is 0.493 e. The molecule has 0 spiro atoms. The van der Waals surface area contributed by atoms with Gasteiger partial charge in [-0.25, -0.2) is 0 Å². The third kappa shape index (κ3) is 3.78. The van der Waals surface area contributed by atoms with E-state index >= 15 is 0 Å². The van der Waals surface area contributed by atoms with E-state index in [0.717, 1.165) is 10.0 Å². The third-order valence-electron chi connectivity index (χ3n) is 2.90. The maximum atomic E-state index is 12.4. The summed E-state index contributed by atoms with van der Waals surface area (Å²) in [5.74, 6) is 0.307. The van der Waals surface area contributed by atoms with Crippen molar-refractivity contribution in [2.45, 2.75) is 6.92 Å². The van der Waals surface area contributed by atoms with Crippen molar-refractivity contribution in [3.05, 3.63) is 55.4 Å². The highest BCUT2D eigenvalue weighted by molar-refractivity contribution is 9.10. The summed E-state index contributed by atoms with van der Waals surface area (Å²) in [5.41, 5.74) is 1.99. The molecule has 6 heteroatoms. The highest BCUT2D eigenvalue weighted by Gasteiger charge is 2.15. The zero-order valence-corrected chi connectivity index (χ0v) is 15.3. The van der Waals surface area contributed by atoms with Crippen LogP contribution in [0.1, 0.15) is 15.9 Å². The predicted octanol–water partition coefficient (Wildman–Crippen LogP) is 5.43. The van der Waals surface area contributed by atoms with E-state index in [1.807, 2.05) is 19.1 Å². The van der Waals surface area contributed by atoms with Crippen LogP contribution >= 0.6 is 43.5 Å². The van der Waals surface area contributed by atoms with E-state index in [-0.39, 0.29) is 5.91 Å². The van der Waals surface area contributed by atoms with E-state index < -0.39 is 0 Å². The Labute approximate surface area is 144 Å². The Morgan fingerprint density at radius 2 is 1.95 bits per heavy atom. The third-order valence-corrected chi connectivity index (χ3v) is 4.21. The first-order valence-electron chi connectivity index (χ1n) is 6.03. The molecule has 0 atom stereocenters. The first kappa shape index (κ1) is 16.3. The molecule has 0 fully saturated rings. The molecule has 0 radical (unpaired) electrons. The number of methoxy groups -OCH3 is 1. The summed E-state index contributed by atoms with van der Waals surface area (Å²) in [6, 6.07) is 8.90. The molecule has 1 amide bonds. The van der Waals surface area contributed by atoms with Crippen molar-refractivity contribution in [1.29, 1.82) is 0 Å². The second kappa shape index (κ2) is 6.81. The lowest BCUT2D eigenvalue weighted by Crippen LogP contribution is -2.14. The fourth-order valence-electron chi connectivity index (χ4n) is 1.89. The minimum atomic E-state index is -0.221. The molecule has 0 heterocycles. The number of ether oxygens (including phenoxy) is 1. The molecule has 0 saturated heterocycles. The Balaban J connectivity index is 2.38. The average Bonchev–Trinajstić information content (AvgIpc) is 2.41. The molecule has 0 aromatic heterocycles. The minimum Gasteiger partial charge on any atom is -0.493 e. The standard InChI is InChI=1S/C15H12Br2ClNO2/c1-8-3-4-9(16)5-11(8)15(20)19-13-7-10(18)6-12(17)14(13)21-2/h3-7H,1-2H3,(H,19,20). The summed E-state index contributed by atoms with van der Waals surface area (Å²) in [6.07, 6.45) is 0. The second-order valence-electron chi connectivity index (χ2n) is 4.38. The fourth-order valence-corrected chi connectivity index (χ4v) is 3.22. The van der Waals surface area contributed by atoms with Gasteiger partial charge in [-0.05, 0) is 52.7 Å². The zero-order valence-electron chi connectivity index (χ0n) is 11.3. The summed E-state index contributed by atoms with van der Waals surface area (Å²) in [7, 11) is 1.54. The predicted molar refractivity (Wildman–Crippen MR) is 92.5 cm³/mol. The first-order chi connectivity index (χ1) is 9.92. The van der Waals surface area contributed by atoms with Crippen LogP contribution < -0.4 is 10.1 Å². The van der Waals surface area contributed by atoms with Gasteiger partial charge >= 0.3 is 0 Å². The van der Waals surface area contributed by atoms with Crippen LogP contribution in [0.25, 0.3) is 0 Å². The van der Waals surface area contributed by atoms with Crippen molar-refractivity contribution < 1.29 is 9.53 Å². The van der Waals surface area contributed by atoms with Gasteiger partial charge in [-0.2, -0.15) is 0 Å². The molecule has 2 aromatic rings. The average molecular weight is 434 g/mol. The Morgan fingerprint density at radius 3 is 2.62 bits per heavy atom. The maximum absolute atomic E-state index is 12.4. The van der Waals surface area contributed by atoms with Crippen molar-refractivity contribution in [1.82, 2.24) is 0 Å². The SMILES string of the molecule is COc1c(Br)cc(Cl)cc1NC(=O)c1cc(Br)ccc1C. The van der Waals surface area contributed by atoms with Crippen LogP contribution in [0, 0.1) is 6.92 Å². The highest BCUT2D eigenvalue weighted by atomic mass is 79.9. The van der Waals surface area contributed by atoms with Gasteiger partial charge < -0.3 is 10.1 Å². The molecular formula is C15H12Br2ClNO2. The van der Waals surface area contributed by atoms with Crippen molar-refractivity contribution in [3.8, 4) is 5.75 Å². The minimum absolute atomic E-state index is 0.221. The molecular weight excluding hydrogens is 421 g/mol. The van der Waals surface area contributed by atoms with E-state index in [2.05, 4.69) is 37.2 Å². The molecule has 2 rings (SSSR count). The quantitative estimate of drug-likeness (QED) is 0.701. The topological polar surface area (TPSA) is 38.3 Å². The number of carbonyl (C=O) groups is 1. The molecule has 3 nitrogen and oxygen atoms in total.